The molecule has 0 radical (unpaired) electrons. The van der Waals surface area contributed by atoms with Crippen LogP contribution >= 0.6 is 0 Å². The SMILES string of the molecule is C/C1=C/CCC(C)(O)c2cccc(n2)N(C)N(C)C1. The number of aromatic nitrogens is 1. The van der Waals surface area contributed by atoms with Gasteiger partial charge in [0.2, 0.25) is 0 Å². The van der Waals surface area contributed by atoms with E-state index in [2.05, 4.69) is 23.0 Å². The summed E-state index contributed by atoms with van der Waals surface area (Å²) in [5.74, 6) is 0.856. The lowest BCUT2D eigenvalue weighted by molar-refractivity contribution is 0.0443. The van der Waals surface area contributed by atoms with Gasteiger partial charge in [-0.1, -0.05) is 17.7 Å². The number of allylic oxidation sites excluding steroid dienone is 1. The zero-order valence-corrected chi connectivity index (χ0v) is 12.2. The maximum absolute atomic E-state index is 10.6. The number of fused-ring (bicyclic) bond motifs is 2. The maximum atomic E-state index is 10.6. The molecular weight excluding hydrogens is 238 g/mol. The van der Waals surface area contributed by atoms with Crippen molar-refractivity contribution < 1.29 is 5.11 Å². The molecule has 1 aliphatic rings. The molecule has 19 heavy (non-hydrogen) atoms. The minimum absolute atomic E-state index is 0.689. The second kappa shape index (κ2) is 5.31. The number of nitrogens with zero attached hydrogens (tertiary/aromatic N) is 3. The van der Waals surface area contributed by atoms with Crippen molar-refractivity contribution in [2.75, 3.05) is 25.6 Å². The molecule has 0 saturated carbocycles. The Labute approximate surface area is 115 Å². The van der Waals surface area contributed by atoms with Crippen LogP contribution in [0.4, 0.5) is 5.82 Å². The lowest BCUT2D eigenvalue weighted by Crippen LogP contribution is -2.38. The van der Waals surface area contributed by atoms with E-state index in [9.17, 15) is 5.11 Å². The lowest BCUT2D eigenvalue weighted by Gasteiger charge is -2.30. The Hall–Kier alpha value is -1.39. The second-order valence-electron chi connectivity index (χ2n) is 5.58. The molecule has 4 nitrogen and oxygen atoms in total. The van der Waals surface area contributed by atoms with E-state index < -0.39 is 5.60 Å². The fraction of sp³-hybridized carbons (Fsp3) is 0.533. The first-order valence-corrected chi connectivity index (χ1v) is 6.70. The molecule has 104 valence electrons. The van der Waals surface area contributed by atoms with Gasteiger partial charge in [0, 0.05) is 20.6 Å². The number of hydrazine groups is 1. The topological polar surface area (TPSA) is 39.6 Å². The van der Waals surface area contributed by atoms with E-state index in [-0.39, 0.29) is 0 Å². The third-order valence-corrected chi connectivity index (χ3v) is 3.73. The summed E-state index contributed by atoms with van der Waals surface area (Å²) in [6, 6.07) is 5.81. The summed E-state index contributed by atoms with van der Waals surface area (Å²) in [5.41, 5.74) is 1.16. The highest BCUT2D eigenvalue weighted by atomic mass is 16.3. The molecule has 2 rings (SSSR count). The summed E-state index contributed by atoms with van der Waals surface area (Å²) in [7, 11) is 4.04. The smallest absolute Gasteiger partial charge is 0.143 e. The molecule has 2 heterocycles. The molecule has 4 heteroatoms. The highest BCUT2D eigenvalue weighted by Crippen LogP contribution is 2.27. The van der Waals surface area contributed by atoms with Gasteiger partial charge in [-0.3, -0.25) is 5.01 Å². The van der Waals surface area contributed by atoms with Crippen LogP contribution in [0.5, 0.6) is 0 Å². The quantitative estimate of drug-likeness (QED) is 0.728. The standard InChI is InChI=1S/C15H23N3O/c1-12-7-6-10-15(2,19)13-8-5-9-14(16-13)18(4)17(3)11-12/h5,7-9,19H,6,10-11H2,1-4H3/b12-7-. The molecule has 0 amide bonds. The van der Waals surface area contributed by atoms with E-state index in [0.717, 1.165) is 24.5 Å². The first-order valence-electron chi connectivity index (χ1n) is 6.70. The van der Waals surface area contributed by atoms with Gasteiger partial charge in [-0.2, -0.15) is 0 Å². The van der Waals surface area contributed by atoms with Gasteiger partial charge in [0.15, 0.2) is 0 Å². The first-order chi connectivity index (χ1) is 8.90. The molecular formula is C15H23N3O. The van der Waals surface area contributed by atoms with E-state index in [0.29, 0.717) is 6.42 Å². The predicted octanol–water partition coefficient (Wildman–Crippen LogP) is 2.31. The van der Waals surface area contributed by atoms with E-state index >= 15 is 0 Å². The van der Waals surface area contributed by atoms with Crippen LogP contribution in [0.1, 0.15) is 32.4 Å². The van der Waals surface area contributed by atoms with Crippen LogP contribution in [0.2, 0.25) is 0 Å². The molecule has 0 spiro atoms. The highest BCUT2D eigenvalue weighted by Gasteiger charge is 2.25. The monoisotopic (exact) mass is 261 g/mol. The Balaban J connectivity index is 2.43. The summed E-state index contributed by atoms with van der Waals surface area (Å²) in [6.45, 7) is 4.83. The van der Waals surface area contributed by atoms with Crippen molar-refractivity contribution in [1.82, 2.24) is 9.99 Å². The van der Waals surface area contributed by atoms with Crippen LogP contribution in [0.15, 0.2) is 29.8 Å². The van der Waals surface area contributed by atoms with E-state index in [1.807, 2.05) is 44.2 Å². The molecule has 0 aromatic carbocycles. The van der Waals surface area contributed by atoms with Crippen LogP contribution in [0.25, 0.3) is 0 Å². The molecule has 0 fully saturated rings. The average Bonchev–Trinajstić information content (AvgIpc) is 2.37. The van der Waals surface area contributed by atoms with Crippen LogP contribution in [-0.2, 0) is 5.60 Å². The number of hydrogen-bond donors (Lipinski definition) is 1. The first kappa shape index (κ1) is 14.0. The van der Waals surface area contributed by atoms with Gasteiger partial charge in [0.25, 0.3) is 0 Å². The fourth-order valence-corrected chi connectivity index (χ4v) is 2.34. The Morgan fingerprint density at radius 3 is 2.79 bits per heavy atom. The fourth-order valence-electron chi connectivity index (χ4n) is 2.34. The molecule has 1 aliphatic heterocycles. The third-order valence-electron chi connectivity index (χ3n) is 3.73. The van der Waals surface area contributed by atoms with Crippen LogP contribution in [0.3, 0.4) is 0 Å². The Morgan fingerprint density at radius 2 is 2.05 bits per heavy atom. The van der Waals surface area contributed by atoms with Gasteiger partial charge >= 0.3 is 0 Å². The molecule has 2 bridgehead atoms. The van der Waals surface area contributed by atoms with Crippen molar-refractivity contribution in [3.63, 3.8) is 0 Å². The molecule has 1 atom stereocenters. The molecule has 0 saturated heterocycles. The highest BCUT2D eigenvalue weighted by molar-refractivity contribution is 5.38. The zero-order chi connectivity index (χ0) is 14.0. The molecule has 1 N–H and O–H groups in total. The minimum atomic E-state index is -0.878. The minimum Gasteiger partial charge on any atom is -0.384 e. The number of rotatable bonds is 0. The Morgan fingerprint density at radius 1 is 1.32 bits per heavy atom. The van der Waals surface area contributed by atoms with Crippen molar-refractivity contribution in [3.05, 3.63) is 35.5 Å². The maximum Gasteiger partial charge on any atom is 0.143 e. The van der Waals surface area contributed by atoms with Gasteiger partial charge < -0.3 is 5.11 Å². The number of likely N-dealkylation sites (N-methyl/N-ethyl adjacent to an activating group) is 1. The van der Waals surface area contributed by atoms with Crippen molar-refractivity contribution in [1.29, 1.82) is 0 Å². The molecule has 1 aromatic heterocycles. The van der Waals surface area contributed by atoms with Crippen molar-refractivity contribution in [2.24, 2.45) is 0 Å². The van der Waals surface area contributed by atoms with Gasteiger partial charge in [0.1, 0.15) is 11.4 Å². The van der Waals surface area contributed by atoms with E-state index in [1.54, 1.807) is 0 Å². The molecule has 0 aliphatic carbocycles. The zero-order valence-electron chi connectivity index (χ0n) is 12.2. The normalized spacial score (nSPS) is 28.5. The van der Waals surface area contributed by atoms with Crippen LogP contribution in [-0.4, -0.2) is 35.7 Å². The van der Waals surface area contributed by atoms with Gasteiger partial charge in [0.05, 0.1) is 5.69 Å². The summed E-state index contributed by atoms with van der Waals surface area (Å²) in [4.78, 5) is 4.60. The van der Waals surface area contributed by atoms with Gasteiger partial charge in [-0.15, -0.1) is 0 Å². The Bertz CT molecular complexity index is 482. The lowest BCUT2D eigenvalue weighted by atomic mass is 9.95. The summed E-state index contributed by atoms with van der Waals surface area (Å²) in [5, 5.41) is 14.7. The number of hydrogen-bond acceptors (Lipinski definition) is 4. The molecule has 1 aromatic rings. The van der Waals surface area contributed by atoms with Crippen molar-refractivity contribution >= 4 is 5.82 Å². The molecule has 1 unspecified atom stereocenters. The van der Waals surface area contributed by atoms with Crippen molar-refractivity contribution in [3.8, 4) is 0 Å². The van der Waals surface area contributed by atoms with E-state index in [4.69, 9.17) is 0 Å². The summed E-state index contributed by atoms with van der Waals surface area (Å²) >= 11 is 0. The summed E-state index contributed by atoms with van der Waals surface area (Å²) < 4.78 is 0. The number of anilines is 1. The third kappa shape index (κ3) is 3.14. The number of aliphatic hydroxyl groups is 1. The van der Waals surface area contributed by atoms with Gasteiger partial charge in [-0.05, 0) is 38.8 Å². The van der Waals surface area contributed by atoms with E-state index in [1.165, 1.54) is 5.57 Å². The largest absolute Gasteiger partial charge is 0.384 e. The van der Waals surface area contributed by atoms with Gasteiger partial charge in [-0.25, -0.2) is 9.99 Å². The van der Waals surface area contributed by atoms with Crippen molar-refractivity contribution in [2.45, 2.75) is 32.3 Å². The van der Waals surface area contributed by atoms with Crippen LogP contribution in [0, 0.1) is 0 Å². The number of pyridine rings is 1. The Kier molecular flexibility index (Phi) is 3.92. The predicted molar refractivity (Wildman–Crippen MR) is 77.8 cm³/mol. The average molecular weight is 261 g/mol. The van der Waals surface area contributed by atoms with Crippen LogP contribution < -0.4 is 5.01 Å². The summed E-state index contributed by atoms with van der Waals surface area (Å²) in [6.07, 6.45) is 3.75. The second-order valence-corrected chi connectivity index (χ2v) is 5.58.